The molecule has 5 heteroatoms. The lowest BCUT2D eigenvalue weighted by atomic mass is 10.1. The molecule has 2 rings (SSSR count). The van der Waals surface area contributed by atoms with Crippen molar-refractivity contribution < 1.29 is 4.74 Å². The van der Waals surface area contributed by atoms with Gasteiger partial charge in [-0.2, -0.15) is 0 Å². The highest BCUT2D eigenvalue weighted by molar-refractivity contribution is 6.37. The molecule has 0 amide bonds. The number of methoxy groups -OCH3 is 1. The largest absolute Gasteiger partial charge is 0.494 e. The molecule has 1 aliphatic heterocycles. The maximum absolute atomic E-state index is 6.16. The normalized spacial score (nSPS) is 16.9. The number of nitrogens with one attached hydrogen (secondary N) is 1. The van der Waals surface area contributed by atoms with Gasteiger partial charge in [-0.1, -0.05) is 23.2 Å². The molecule has 1 aromatic rings. The number of hydrogen-bond donors (Lipinski definition) is 1. The highest BCUT2D eigenvalue weighted by Gasteiger charge is 2.10. The molecule has 112 valence electrons. The standard InChI is InChI=1S/C15H22Cl2N2O/c1-20-15-13(16)10-12(11-14(15)17)4-2-7-19-8-3-5-18-6-9-19/h10-11,18H,2-9H2,1H3. The Morgan fingerprint density at radius 2 is 1.95 bits per heavy atom. The number of ether oxygens (including phenoxy) is 1. The van der Waals surface area contributed by atoms with E-state index in [1.54, 1.807) is 7.11 Å². The lowest BCUT2D eigenvalue weighted by Crippen LogP contribution is -2.29. The first kappa shape index (κ1) is 15.9. The molecule has 0 radical (unpaired) electrons. The molecule has 0 spiro atoms. The van der Waals surface area contributed by atoms with Gasteiger partial charge in [-0.05, 0) is 56.6 Å². The van der Waals surface area contributed by atoms with Gasteiger partial charge in [-0.3, -0.25) is 0 Å². The average molecular weight is 317 g/mol. The number of halogens is 2. The molecule has 1 aliphatic rings. The van der Waals surface area contributed by atoms with E-state index in [1.165, 1.54) is 18.5 Å². The number of rotatable bonds is 5. The molecule has 1 heterocycles. The number of benzene rings is 1. The number of hydrogen-bond acceptors (Lipinski definition) is 3. The summed E-state index contributed by atoms with van der Waals surface area (Å²) >= 11 is 12.3. The summed E-state index contributed by atoms with van der Waals surface area (Å²) in [5, 5.41) is 4.61. The van der Waals surface area contributed by atoms with E-state index in [0.29, 0.717) is 15.8 Å². The van der Waals surface area contributed by atoms with Crippen LogP contribution in [0, 0.1) is 0 Å². The van der Waals surface area contributed by atoms with Crippen molar-refractivity contribution in [2.75, 3.05) is 39.8 Å². The second kappa shape index (κ2) is 8.08. The van der Waals surface area contributed by atoms with E-state index in [2.05, 4.69) is 10.2 Å². The summed E-state index contributed by atoms with van der Waals surface area (Å²) in [5.41, 5.74) is 1.17. The topological polar surface area (TPSA) is 24.5 Å². The Morgan fingerprint density at radius 3 is 2.65 bits per heavy atom. The fourth-order valence-electron chi connectivity index (χ4n) is 2.58. The summed E-state index contributed by atoms with van der Waals surface area (Å²) in [4.78, 5) is 2.52. The summed E-state index contributed by atoms with van der Waals surface area (Å²) in [6.07, 6.45) is 3.35. The minimum Gasteiger partial charge on any atom is -0.494 e. The van der Waals surface area contributed by atoms with Crippen molar-refractivity contribution >= 4 is 23.2 Å². The molecule has 1 fully saturated rings. The molecule has 1 saturated heterocycles. The van der Waals surface area contributed by atoms with Crippen molar-refractivity contribution in [2.24, 2.45) is 0 Å². The zero-order chi connectivity index (χ0) is 14.4. The van der Waals surface area contributed by atoms with Crippen LogP contribution in [-0.2, 0) is 6.42 Å². The van der Waals surface area contributed by atoms with Crippen LogP contribution in [0.5, 0.6) is 5.75 Å². The Labute approximate surface area is 131 Å². The van der Waals surface area contributed by atoms with Gasteiger partial charge >= 0.3 is 0 Å². The first-order valence-electron chi connectivity index (χ1n) is 7.15. The second-order valence-corrected chi connectivity index (χ2v) is 5.96. The maximum Gasteiger partial charge on any atom is 0.156 e. The zero-order valence-corrected chi connectivity index (χ0v) is 13.4. The fourth-order valence-corrected chi connectivity index (χ4v) is 3.27. The molecule has 20 heavy (non-hydrogen) atoms. The Balaban J connectivity index is 1.84. The summed E-state index contributed by atoms with van der Waals surface area (Å²) in [5.74, 6) is 0.565. The Morgan fingerprint density at radius 1 is 1.20 bits per heavy atom. The monoisotopic (exact) mass is 316 g/mol. The smallest absolute Gasteiger partial charge is 0.156 e. The van der Waals surface area contributed by atoms with Crippen molar-refractivity contribution in [3.63, 3.8) is 0 Å². The van der Waals surface area contributed by atoms with Gasteiger partial charge in [0.05, 0.1) is 17.2 Å². The minimum atomic E-state index is 0.565. The van der Waals surface area contributed by atoms with Crippen LogP contribution in [0.15, 0.2) is 12.1 Å². The quantitative estimate of drug-likeness (QED) is 0.902. The van der Waals surface area contributed by atoms with Gasteiger partial charge in [0, 0.05) is 13.1 Å². The van der Waals surface area contributed by atoms with Crippen LogP contribution in [0.25, 0.3) is 0 Å². The van der Waals surface area contributed by atoms with E-state index < -0.39 is 0 Å². The lowest BCUT2D eigenvalue weighted by molar-refractivity contribution is 0.289. The van der Waals surface area contributed by atoms with Gasteiger partial charge < -0.3 is 15.0 Å². The average Bonchev–Trinajstić information content (AvgIpc) is 2.67. The molecule has 0 atom stereocenters. The van der Waals surface area contributed by atoms with Crippen molar-refractivity contribution in [3.05, 3.63) is 27.7 Å². The number of aryl methyl sites for hydroxylation is 1. The van der Waals surface area contributed by atoms with Crippen LogP contribution >= 0.6 is 23.2 Å². The molecule has 1 N–H and O–H groups in total. The SMILES string of the molecule is COc1c(Cl)cc(CCCN2CCCNCC2)cc1Cl. The van der Waals surface area contributed by atoms with E-state index in [9.17, 15) is 0 Å². The van der Waals surface area contributed by atoms with Gasteiger partial charge in [-0.15, -0.1) is 0 Å². The third kappa shape index (κ3) is 4.52. The summed E-state index contributed by atoms with van der Waals surface area (Å²) in [6.45, 7) is 5.70. The molecule has 0 aromatic heterocycles. The van der Waals surface area contributed by atoms with Gasteiger partial charge in [0.15, 0.2) is 5.75 Å². The molecule has 0 saturated carbocycles. The Bertz CT molecular complexity index is 409. The van der Waals surface area contributed by atoms with E-state index in [1.807, 2.05) is 12.1 Å². The molecule has 3 nitrogen and oxygen atoms in total. The van der Waals surface area contributed by atoms with Crippen molar-refractivity contribution in [3.8, 4) is 5.75 Å². The van der Waals surface area contributed by atoms with Gasteiger partial charge in [-0.25, -0.2) is 0 Å². The van der Waals surface area contributed by atoms with Crippen molar-refractivity contribution in [1.29, 1.82) is 0 Å². The maximum atomic E-state index is 6.16. The van der Waals surface area contributed by atoms with Gasteiger partial charge in [0.25, 0.3) is 0 Å². The molecule has 1 aromatic carbocycles. The first-order valence-corrected chi connectivity index (χ1v) is 7.91. The Hall–Kier alpha value is -0.480. The molecular weight excluding hydrogens is 295 g/mol. The predicted molar refractivity (Wildman–Crippen MR) is 85.3 cm³/mol. The van der Waals surface area contributed by atoms with Crippen LogP contribution in [0.1, 0.15) is 18.4 Å². The third-order valence-electron chi connectivity index (χ3n) is 3.63. The van der Waals surface area contributed by atoms with Crippen LogP contribution in [0.2, 0.25) is 10.0 Å². The van der Waals surface area contributed by atoms with Gasteiger partial charge in [0.1, 0.15) is 0 Å². The van der Waals surface area contributed by atoms with Crippen LogP contribution < -0.4 is 10.1 Å². The molecule has 0 unspecified atom stereocenters. The van der Waals surface area contributed by atoms with E-state index in [0.717, 1.165) is 39.0 Å². The van der Waals surface area contributed by atoms with E-state index in [4.69, 9.17) is 27.9 Å². The molecule has 0 aliphatic carbocycles. The molecular formula is C15H22Cl2N2O. The summed E-state index contributed by atoms with van der Waals surface area (Å²) in [6, 6.07) is 3.91. The van der Waals surface area contributed by atoms with Crippen LogP contribution in [0.4, 0.5) is 0 Å². The molecule has 0 bridgehead atoms. The van der Waals surface area contributed by atoms with Crippen molar-refractivity contribution in [1.82, 2.24) is 10.2 Å². The highest BCUT2D eigenvalue weighted by Crippen LogP contribution is 2.34. The number of nitrogens with zero attached hydrogens (tertiary/aromatic N) is 1. The zero-order valence-electron chi connectivity index (χ0n) is 11.9. The summed E-state index contributed by atoms with van der Waals surface area (Å²) in [7, 11) is 1.58. The van der Waals surface area contributed by atoms with Crippen LogP contribution in [-0.4, -0.2) is 44.7 Å². The van der Waals surface area contributed by atoms with E-state index in [-0.39, 0.29) is 0 Å². The van der Waals surface area contributed by atoms with Gasteiger partial charge in [0.2, 0.25) is 0 Å². The third-order valence-corrected chi connectivity index (χ3v) is 4.20. The predicted octanol–water partition coefficient (Wildman–Crippen LogP) is 3.23. The Kier molecular flexibility index (Phi) is 6.43. The van der Waals surface area contributed by atoms with Crippen molar-refractivity contribution in [2.45, 2.75) is 19.3 Å². The van der Waals surface area contributed by atoms with E-state index >= 15 is 0 Å². The lowest BCUT2D eigenvalue weighted by Gasteiger charge is -2.19. The summed E-state index contributed by atoms with van der Waals surface area (Å²) < 4.78 is 5.17. The highest BCUT2D eigenvalue weighted by atomic mass is 35.5. The second-order valence-electron chi connectivity index (χ2n) is 5.14. The minimum absolute atomic E-state index is 0.565. The first-order chi connectivity index (χ1) is 9.70. The van der Waals surface area contributed by atoms with Crippen LogP contribution in [0.3, 0.4) is 0 Å². The fraction of sp³-hybridized carbons (Fsp3) is 0.600.